The molecule has 0 aliphatic carbocycles. The second-order valence-electron chi connectivity index (χ2n) is 5.17. The van der Waals surface area contributed by atoms with Gasteiger partial charge in [0.15, 0.2) is 0 Å². The Balaban J connectivity index is 0.000000501. The van der Waals surface area contributed by atoms with Gasteiger partial charge < -0.3 is 19.5 Å². The molecule has 0 fully saturated rings. The molecule has 0 bridgehead atoms. The minimum absolute atomic E-state index is 0. The summed E-state index contributed by atoms with van der Waals surface area (Å²) in [6, 6.07) is 14.6. The Hall–Kier alpha value is -1.59. The summed E-state index contributed by atoms with van der Waals surface area (Å²) in [5.74, 6) is -1.67. The van der Waals surface area contributed by atoms with Gasteiger partial charge in [-0.2, -0.15) is 0 Å². The third kappa shape index (κ3) is 5.45. The van der Waals surface area contributed by atoms with Crippen LogP contribution in [0.1, 0.15) is 6.42 Å². The van der Waals surface area contributed by atoms with Gasteiger partial charge in [0, 0.05) is 23.8 Å². The van der Waals surface area contributed by atoms with Gasteiger partial charge in [0.2, 0.25) is 0 Å². The van der Waals surface area contributed by atoms with E-state index in [-0.39, 0.29) is 50.3 Å². The fourth-order valence-corrected chi connectivity index (χ4v) is 4.64. The first-order chi connectivity index (χ1) is 11.9. The number of carboxylic acid groups (broad SMARTS) is 2. The predicted octanol–water partition coefficient (Wildman–Crippen LogP) is 1.67. The molecule has 2 aromatic carbocycles. The predicted molar refractivity (Wildman–Crippen MR) is 97.8 cm³/mol. The SMILES string of the molecule is C=CC(=O)O.O=C([O-])CCP1(=O)Oc2ccccc2-c2ccccc21.[Ca+2]. The second-order valence-corrected chi connectivity index (χ2v) is 7.62. The largest absolute Gasteiger partial charge is 2.00 e. The average Bonchev–Trinajstić information content (AvgIpc) is 2.61. The van der Waals surface area contributed by atoms with Crippen LogP contribution in [0.25, 0.3) is 11.1 Å². The van der Waals surface area contributed by atoms with E-state index in [0.29, 0.717) is 11.1 Å². The standard InChI is InChI=1S/C15H13O4P.C3H4O2.Ca/c16-15(17)9-10-20(18)14-8-4-2-6-12(14)11-5-1-3-7-13(11)19-20;1-2-3(4)5;/h1-8H,9-10H2,(H,16,17);2H,1H2,(H,4,5);/q;;+2/p-1. The first-order valence-electron chi connectivity index (χ1n) is 7.40. The number of carbonyl (C=O) groups is 2. The average molecular weight is 399 g/mol. The maximum atomic E-state index is 13.0. The third-order valence-corrected chi connectivity index (χ3v) is 5.91. The molecule has 130 valence electrons. The van der Waals surface area contributed by atoms with Crippen molar-refractivity contribution < 1.29 is 28.9 Å². The normalized spacial score (nSPS) is 16.3. The van der Waals surface area contributed by atoms with Gasteiger partial charge in [-0.15, -0.1) is 0 Å². The Morgan fingerprint density at radius 1 is 1.12 bits per heavy atom. The van der Waals surface area contributed by atoms with E-state index in [4.69, 9.17) is 9.63 Å². The van der Waals surface area contributed by atoms with Crippen LogP contribution in [-0.2, 0) is 14.2 Å². The van der Waals surface area contributed by atoms with Gasteiger partial charge in [0.05, 0.1) is 5.30 Å². The van der Waals surface area contributed by atoms with Gasteiger partial charge >= 0.3 is 43.7 Å². The van der Waals surface area contributed by atoms with Gasteiger partial charge in [-0.25, -0.2) is 4.79 Å². The summed E-state index contributed by atoms with van der Waals surface area (Å²) in [4.78, 5) is 19.9. The molecule has 26 heavy (non-hydrogen) atoms. The number of hydrogen-bond donors (Lipinski definition) is 1. The maximum absolute atomic E-state index is 13.0. The smallest absolute Gasteiger partial charge is 0.550 e. The van der Waals surface area contributed by atoms with Crippen molar-refractivity contribution in [2.24, 2.45) is 0 Å². The van der Waals surface area contributed by atoms with Crippen molar-refractivity contribution in [2.75, 3.05) is 6.16 Å². The first kappa shape index (κ1) is 22.5. The topological polar surface area (TPSA) is 104 Å². The molecule has 0 spiro atoms. The number of para-hydroxylation sites is 1. The van der Waals surface area contributed by atoms with Crippen LogP contribution in [0, 0.1) is 0 Å². The molecular weight excluding hydrogens is 383 g/mol. The van der Waals surface area contributed by atoms with Crippen LogP contribution in [0.3, 0.4) is 0 Å². The Morgan fingerprint density at radius 3 is 2.23 bits per heavy atom. The molecule has 0 amide bonds. The summed E-state index contributed by atoms with van der Waals surface area (Å²) in [6.07, 6.45) is 0.495. The van der Waals surface area contributed by atoms with Crippen molar-refractivity contribution in [3.8, 4) is 16.9 Å². The van der Waals surface area contributed by atoms with Crippen LogP contribution in [0.4, 0.5) is 0 Å². The number of benzene rings is 2. The Bertz CT molecular complexity index is 864. The van der Waals surface area contributed by atoms with Crippen LogP contribution in [0.2, 0.25) is 0 Å². The van der Waals surface area contributed by atoms with Crippen molar-refractivity contribution in [3.05, 3.63) is 61.2 Å². The summed E-state index contributed by atoms with van der Waals surface area (Å²) in [7, 11) is -3.21. The minimum Gasteiger partial charge on any atom is -0.550 e. The molecule has 1 aliphatic heterocycles. The molecule has 0 aromatic heterocycles. The molecule has 1 atom stereocenters. The van der Waals surface area contributed by atoms with Gasteiger partial charge in [-0.1, -0.05) is 43.0 Å². The zero-order chi connectivity index (χ0) is 18.4. The summed E-state index contributed by atoms with van der Waals surface area (Å²) in [6.45, 7) is 2.96. The molecule has 2 aromatic rings. The van der Waals surface area contributed by atoms with E-state index >= 15 is 0 Å². The molecular formula is C18H16CaO6P+. The molecule has 0 saturated heterocycles. The van der Waals surface area contributed by atoms with E-state index in [1.54, 1.807) is 24.3 Å². The Labute approximate surface area is 181 Å². The van der Waals surface area contributed by atoms with Crippen molar-refractivity contribution in [3.63, 3.8) is 0 Å². The van der Waals surface area contributed by atoms with E-state index in [1.807, 2.05) is 24.3 Å². The summed E-state index contributed by atoms with van der Waals surface area (Å²) < 4.78 is 18.7. The fourth-order valence-electron chi connectivity index (χ4n) is 2.38. The van der Waals surface area contributed by atoms with Gasteiger partial charge in [-0.05, 0) is 24.1 Å². The van der Waals surface area contributed by atoms with E-state index in [1.165, 1.54) is 0 Å². The van der Waals surface area contributed by atoms with Gasteiger partial charge in [0.1, 0.15) is 5.75 Å². The fraction of sp³-hybridized carbons (Fsp3) is 0.111. The van der Waals surface area contributed by atoms with E-state index < -0.39 is 19.3 Å². The van der Waals surface area contributed by atoms with Gasteiger partial charge in [-0.3, -0.25) is 4.57 Å². The molecule has 8 heteroatoms. The Kier molecular flexibility index (Phi) is 8.57. The van der Waals surface area contributed by atoms with Gasteiger partial charge in [0.25, 0.3) is 7.37 Å². The number of aliphatic carboxylic acids is 2. The molecule has 1 N–H and O–H groups in total. The molecule has 1 unspecified atom stereocenters. The van der Waals surface area contributed by atoms with Crippen molar-refractivity contribution >= 4 is 62.4 Å². The molecule has 1 heterocycles. The number of fused-ring (bicyclic) bond motifs is 3. The van der Waals surface area contributed by atoms with E-state index in [0.717, 1.165) is 17.2 Å². The molecule has 0 radical (unpaired) electrons. The molecule has 0 saturated carbocycles. The van der Waals surface area contributed by atoms with E-state index in [2.05, 4.69) is 6.58 Å². The summed E-state index contributed by atoms with van der Waals surface area (Å²) in [5.41, 5.74) is 1.72. The van der Waals surface area contributed by atoms with Crippen LogP contribution < -0.4 is 14.9 Å². The van der Waals surface area contributed by atoms with Crippen LogP contribution in [0.15, 0.2) is 61.2 Å². The summed E-state index contributed by atoms with van der Waals surface area (Å²) in [5, 5.41) is 18.8. The minimum atomic E-state index is -3.21. The first-order valence-corrected chi connectivity index (χ1v) is 9.21. The number of carbonyl (C=O) groups excluding carboxylic acids is 1. The molecule has 1 aliphatic rings. The Morgan fingerprint density at radius 2 is 1.65 bits per heavy atom. The molecule has 3 rings (SSSR count). The van der Waals surface area contributed by atoms with Crippen molar-refractivity contribution in [2.45, 2.75) is 6.42 Å². The summed E-state index contributed by atoms with van der Waals surface area (Å²) >= 11 is 0. The zero-order valence-corrected chi connectivity index (χ0v) is 17.1. The van der Waals surface area contributed by atoms with Crippen molar-refractivity contribution in [1.82, 2.24) is 0 Å². The van der Waals surface area contributed by atoms with Crippen molar-refractivity contribution in [1.29, 1.82) is 0 Å². The zero-order valence-electron chi connectivity index (χ0n) is 14.0. The van der Waals surface area contributed by atoms with Crippen LogP contribution >= 0.6 is 7.37 Å². The molecule has 6 nitrogen and oxygen atoms in total. The number of hydrogen-bond acceptors (Lipinski definition) is 5. The van der Waals surface area contributed by atoms with Crippen LogP contribution in [0.5, 0.6) is 5.75 Å². The van der Waals surface area contributed by atoms with Crippen LogP contribution in [-0.4, -0.2) is 60.9 Å². The van der Waals surface area contributed by atoms with E-state index in [9.17, 15) is 19.3 Å². The number of rotatable bonds is 4. The quantitative estimate of drug-likeness (QED) is 0.477. The maximum Gasteiger partial charge on any atom is 2.00 e. The second kappa shape index (κ2) is 9.93. The number of carboxylic acids is 2. The third-order valence-electron chi connectivity index (χ3n) is 3.48. The monoisotopic (exact) mass is 399 g/mol.